The Bertz CT molecular complexity index is 1410. The monoisotopic (exact) mass is 447 g/mol. The molecule has 3 heterocycles. The Balaban J connectivity index is 1.49. The van der Waals surface area contributed by atoms with Crippen LogP contribution in [0.3, 0.4) is 0 Å². The van der Waals surface area contributed by atoms with Crippen LogP contribution in [0.4, 0.5) is 19.6 Å². The van der Waals surface area contributed by atoms with Gasteiger partial charge >= 0.3 is 0 Å². The Labute approximate surface area is 187 Å². The Hall–Kier alpha value is -3.65. The van der Waals surface area contributed by atoms with Gasteiger partial charge in [-0.25, -0.2) is 18.7 Å². The maximum Gasteiger partial charge on any atom is 0.263 e. The van der Waals surface area contributed by atoms with E-state index in [2.05, 4.69) is 15.3 Å². The van der Waals surface area contributed by atoms with Crippen LogP contribution in [0.5, 0.6) is 0 Å². The van der Waals surface area contributed by atoms with Gasteiger partial charge < -0.3 is 9.88 Å². The van der Waals surface area contributed by atoms with Crippen molar-refractivity contribution in [1.82, 2.24) is 19.5 Å². The van der Waals surface area contributed by atoms with Crippen LogP contribution in [0, 0.1) is 6.92 Å². The van der Waals surface area contributed by atoms with Crippen molar-refractivity contribution in [1.29, 1.82) is 0 Å². The average Bonchev–Trinajstić information content (AvgIpc) is 3.40. The zero-order chi connectivity index (χ0) is 22.2. The van der Waals surface area contributed by atoms with E-state index in [9.17, 15) is 8.78 Å². The summed E-state index contributed by atoms with van der Waals surface area (Å²) in [5.74, 6) is 0.647. The highest BCUT2D eigenvalue weighted by Crippen LogP contribution is 2.32. The van der Waals surface area contributed by atoms with E-state index in [1.807, 2.05) is 48.2 Å². The first-order chi connectivity index (χ1) is 15.5. The molecular formula is C24H19F2N5S. The molecule has 1 N–H and O–H groups in total. The molecule has 0 aliphatic carbocycles. The average molecular weight is 448 g/mol. The summed E-state index contributed by atoms with van der Waals surface area (Å²) in [6, 6.07) is 14.2. The van der Waals surface area contributed by atoms with E-state index in [1.54, 1.807) is 24.5 Å². The molecular weight excluding hydrogens is 428 g/mol. The summed E-state index contributed by atoms with van der Waals surface area (Å²) in [6.45, 7) is 2.02. The van der Waals surface area contributed by atoms with Crippen molar-refractivity contribution < 1.29 is 8.78 Å². The lowest BCUT2D eigenvalue weighted by Crippen LogP contribution is -1.95. The van der Waals surface area contributed by atoms with Crippen molar-refractivity contribution in [2.75, 3.05) is 5.32 Å². The van der Waals surface area contributed by atoms with Gasteiger partial charge in [-0.1, -0.05) is 18.2 Å². The summed E-state index contributed by atoms with van der Waals surface area (Å²) in [6.07, 6.45) is 0.975. The van der Waals surface area contributed by atoms with Crippen LogP contribution in [-0.4, -0.2) is 19.5 Å². The normalized spacial score (nSPS) is 11.4. The van der Waals surface area contributed by atoms with E-state index in [0.29, 0.717) is 11.4 Å². The second-order valence-electron chi connectivity index (χ2n) is 7.48. The number of nitrogens with zero attached hydrogens (tertiary/aromatic N) is 4. The number of halogens is 2. The van der Waals surface area contributed by atoms with E-state index in [-0.39, 0.29) is 5.56 Å². The molecule has 5 nitrogen and oxygen atoms in total. The quantitative estimate of drug-likeness (QED) is 0.324. The van der Waals surface area contributed by atoms with Crippen LogP contribution in [-0.2, 0) is 7.05 Å². The molecule has 0 amide bonds. The van der Waals surface area contributed by atoms with Gasteiger partial charge in [0.15, 0.2) is 5.13 Å². The highest BCUT2D eigenvalue weighted by Gasteiger charge is 2.15. The van der Waals surface area contributed by atoms with Crippen LogP contribution in [0.25, 0.3) is 33.7 Å². The fourth-order valence-corrected chi connectivity index (χ4v) is 4.38. The van der Waals surface area contributed by atoms with Crippen LogP contribution < -0.4 is 5.32 Å². The summed E-state index contributed by atoms with van der Waals surface area (Å²) in [5, 5.41) is 6.17. The minimum Gasteiger partial charge on any atom is -0.331 e. The largest absolute Gasteiger partial charge is 0.331 e. The van der Waals surface area contributed by atoms with Gasteiger partial charge in [-0.3, -0.25) is 4.98 Å². The van der Waals surface area contributed by atoms with Crippen LogP contribution in [0.15, 0.2) is 66.3 Å². The van der Waals surface area contributed by atoms with Crippen molar-refractivity contribution >= 4 is 33.2 Å². The molecule has 0 fully saturated rings. The predicted octanol–water partition coefficient (Wildman–Crippen LogP) is 6.75. The molecule has 0 aliphatic rings. The minimum atomic E-state index is -2.52. The third-order valence-corrected chi connectivity index (χ3v) is 6.10. The second kappa shape index (κ2) is 8.12. The van der Waals surface area contributed by atoms with Gasteiger partial charge in [-0.15, -0.1) is 11.3 Å². The first kappa shape index (κ1) is 20.3. The molecule has 0 saturated heterocycles. The van der Waals surface area contributed by atoms with Gasteiger partial charge in [0.25, 0.3) is 6.43 Å². The maximum absolute atomic E-state index is 13.1. The van der Waals surface area contributed by atoms with E-state index in [0.717, 1.165) is 38.7 Å². The standard InChI is InChI=1S/C24H19F2N5S/c1-14-10-21-19(28-23(31(21)2)17-5-3-4-16(11-17)22(25)26)12-18(14)29-24-30-20(13-32-24)15-6-8-27-9-7-15/h3-13,22H,1-2H3,(H,29,30). The fraction of sp³-hybridized carbons (Fsp3) is 0.125. The lowest BCUT2D eigenvalue weighted by molar-refractivity contribution is 0.151. The van der Waals surface area contributed by atoms with Crippen LogP contribution in [0.2, 0.25) is 0 Å². The lowest BCUT2D eigenvalue weighted by atomic mass is 10.1. The molecule has 0 aliphatic heterocycles. The van der Waals surface area contributed by atoms with E-state index in [1.165, 1.54) is 23.5 Å². The van der Waals surface area contributed by atoms with E-state index >= 15 is 0 Å². The molecule has 160 valence electrons. The summed E-state index contributed by atoms with van der Waals surface area (Å²) in [5.41, 5.74) is 6.20. The number of hydrogen-bond acceptors (Lipinski definition) is 5. The molecule has 2 aromatic carbocycles. The molecule has 5 rings (SSSR count). The first-order valence-electron chi connectivity index (χ1n) is 9.98. The van der Waals surface area contributed by atoms with Crippen molar-refractivity contribution in [2.24, 2.45) is 7.05 Å². The predicted molar refractivity (Wildman–Crippen MR) is 124 cm³/mol. The summed E-state index contributed by atoms with van der Waals surface area (Å²) in [7, 11) is 1.90. The number of pyridine rings is 1. The molecule has 32 heavy (non-hydrogen) atoms. The van der Waals surface area contributed by atoms with Crippen molar-refractivity contribution in [2.45, 2.75) is 13.3 Å². The summed E-state index contributed by atoms with van der Waals surface area (Å²) < 4.78 is 28.2. The van der Waals surface area contributed by atoms with Gasteiger partial charge in [0.05, 0.1) is 16.7 Å². The van der Waals surface area contributed by atoms with Gasteiger partial charge in [0.2, 0.25) is 0 Å². The number of aromatic nitrogens is 4. The number of hydrogen-bond donors (Lipinski definition) is 1. The number of imidazole rings is 1. The molecule has 3 aromatic heterocycles. The number of aryl methyl sites for hydroxylation is 2. The number of thiazole rings is 1. The molecule has 5 aromatic rings. The third-order valence-electron chi connectivity index (χ3n) is 5.35. The van der Waals surface area contributed by atoms with Gasteiger partial charge in [-0.05, 0) is 42.8 Å². The Morgan fingerprint density at radius 3 is 2.59 bits per heavy atom. The first-order valence-corrected chi connectivity index (χ1v) is 10.9. The van der Waals surface area contributed by atoms with Crippen LogP contribution in [0.1, 0.15) is 17.6 Å². The molecule has 0 unspecified atom stereocenters. The smallest absolute Gasteiger partial charge is 0.263 e. The lowest BCUT2D eigenvalue weighted by Gasteiger charge is -2.08. The van der Waals surface area contributed by atoms with Crippen molar-refractivity contribution in [3.63, 3.8) is 0 Å². The van der Waals surface area contributed by atoms with Gasteiger partial charge in [0.1, 0.15) is 5.82 Å². The Morgan fingerprint density at radius 1 is 1.00 bits per heavy atom. The van der Waals surface area contributed by atoms with E-state index in [4.69, 9.17) is 4.98 Å². The highest BCUT2D eigenvalue weighted by atomic mass is 32.1. The molecule has 8 heteroatoms. The van der Waals surface area contributed by atoms with Gasteiger partial charge in [-0.2, -0.15) is 0 Å². The number of benzene rings is 2. The van der Waals surface area contributed by atoms with Crippen molar-refractivity contribution in [3.8, 4) is 22.6 Å². The number of alkyl halides is 2. The summed E-state index contributed by atoms with van der Waals surface area (Å²) in [4.78, 5) is 13.5. The molecule has 0 atom stereocenters. The maximum atomic E-state index is 13.1. The van der Waals surface area contributed by atoms with Gasteiger partial charge in [0, 0.05) is 47.2 Å². The minimum absolute atomic E-state index is 0.0122. The topological polar surface area (TPSA) is 55.6 Å². The highest BCUT2D eigenvalue weighted by molar-refractivity contribution is 7.14. The van der Waals surface area contributed by atoms with Crippen LogP contribution >= 0.6 is 11.3 Å². The zero-order valence-electron chi connectivity index (χ0n) is 17.4. The van der Waals surface area contributed by atoms with E-state index < -0.39 is 6.43 Å². The molecule has 0 saturated carbocycles. The SMILES string of the molecule is Cc1cc2c(cc1Nc1nc(-c3ccncc3)cs1)nc(-c1cccc(C(F)F)c1)n2C. The zero-order valence-corrected chi connectivity index (χ0v) is 18.2. The summed E-state index contributed by atoms with van der Waals surface area (Å²) >= 11 is 1.52. The fourth-order valence-electron chi connectivity index (χ4n) is 3.65. The number of fused-ring (bicyclic) bond motifs is 1. The number of nitrogens with one attached hydrogen (secondary N) is 1. The second-order valence-corrected chi connectivity index (χ2v) is 8.33. The van der Waals surface area contributed by atoms with Crippen molar-refractivity contribution in [3.05, 3.63) is 77.4 Å². The molecule has 0 bridgehead atoms. The number of rotatable bonds is 5. The Morgan fingerprint density at radius 2 is 1.81 bits per heavy atom. The molecule has 0 spiro atoms. The molecule has 0 radical (unpaired) electrons. The number of anilines is 2. The Kier molecular flexibility index (Phi) is 5.14. The third kappa shape index (κ3) is 3.73.